The highest BCUT2D eigenvalue weighted by Gasteiger charge is 2.17. The van der Waals surface area contributed by atoms with E-state index >= 15 is 0 Å². The molecule has 5 nitrogen and oxygen atoms in total. The number of para-hydroxylation sites is 1. The molecule has 0 fully saturated rings. The van der Waals surface area contributed by atoms with Crippen LogP contribution in [-0.2, 0) is 16.5 Å². The van der Waals surface area contributed by atoms with Crippen LogP contribution in [0.15, 0.2) is 47.4 Å². The van der Waals surface area contributed by atoms with Gasteiger partial charge in [0.15, 0.2) is 11.5 Å². The highest BCUT2D eigenvalue weighted by atomic mass is 32.2. The van der Waals surface area contributed by atoms with E-state index in [0.717, 1.165) is 31.2 Å². The zero-order chi connectivity index (χ0) is 17.6. The van der Waals surface area contributed by atoms with Crippen molar-refractivity contribution in [3.05, 3.63) is 48.0 Å². The van der Waals surface area contributed by atoms with Gasteiger partial charge in [-0.15, -0.1) is 0 Å². The molecule has 0 radical (unpaired) electrons. The Labute approximate surface area is 142 Å². The predicted octanol–water partition coefficient (Wildman–Crippen LogP) is 4.55. The Morgan fingerprint density at radius 3 is 2.46 bits per heavy atom. The van der Waals surface area contributed by atoms with Crippen molar-refractivity contribution in [1.29, 1.82) is 0 Å². The van der Waals surface area contributed by atoms with Gasteiger partial charge in [0.1, 0.15) is 10.6 Å². The lowest BCUT2D eigenvalue weighted by Crippen LogP contribution is -2.01. The molecule has 2 N–H and O–H groups in total. The Kier molecular flexibility index (Phi) is 6.23. The second-order valence-electron chi connectivity index (χ2n) is 5.64. The lowest BCUT2D eigenvalue weighted by atomic mass is 10.1. The summed E-state index contributed by atoms with van der Waals surface area (Å²) in [4.78, 5) is -0.335. The van der Waals surface area contributed by atoms with Crippen LogP contribution >= 0.6 is 0 Å². The van der Waals surface area contributed by atoms with Gasteiger partial charge in [0.2, 0.25) is 0 Å². The van der Waals surface area contributed by atoms with Crippen molar-refractivity contribution < 1.29 is 22.8 Å². The van der Waals surface area contributed by atoms with E-state index in [0.29, 0.717) is 0 Å². The third kappa shape index (κ3) is 4.97. The van der Waals surface area contributed by atoms with E-state index in [1.807, 2.05) is 6.07 Å². The minimum Gasteiger partial charge on any atom is -0.504 e. The molecule has 6 heteroatoms. The number of aryl methyl sites for hydroxylation is 1. The number of benzene rings is 2. The average Bonchev–Trinajstić information content (AvgIpc) is 2.54. The first kappa shape index (κ1) is 18.3. The summed E-state index contributed by atoms with van der Waals surface area (Å²) >= 11 is 0. The molecular formula is C18H22O5S. The highest BCUT2D eigenvalue weighted by Crippen LogP contribution is 2.34. The predicted molar refractivity (Wildman–Crippen MR) is 92.3 cm³/mol. The smallest absolute Gasteiger partial charge is 0.298 e. The van der Waals surface area contributed by atoms with Gasteiger partial charge in [-0.05, 0) is 42.7 Å². The maximum absolute atomic E-state index is 11.4. The van der Waals surface area contributed by atoms with Crippen molar-refractivity contribution in [1.82, 2.24) is 0 Å². The first-order valence-electron chi connectivity index (χ1n) is 7.98. The standard InChI is InChI=1S/C18H22O5S/c1-2-3-4-5-8-14-11-12-15(19)17(13-14)23-16-9-6-7-10-18(16)24(20,21)22/h6-7,9-13,19H,2-5,8H2,1H3,(H,20,21,22). The van der Waals surface area contributed by atoms with Gasteiger partial charge in [0, 0.05) is 0 Å². The summed E-state index contributed by atoms with van der Waals surface area (Å²) in [6, 6.07) is 10.8. The van der Waals surface area contributed by atoms with Gasteiger partial charge in [0.05, 0.1) is 0 Å². The molecule has 0 saturated heterocycles. The minimum absolute atomic E-state index is 0.0292. The summed E-state index contributed by atoms with van der Waals surface area (Å²) in [6.45, 7) is 2.15. The largest absolute Gasteiger partial charge is 0.504 e. The van der Waals surface area contributed by atoms with Gasteiger partial charge in [0.25, 0.3) is 10.1 Å². The van der Waals surface area contributed by atoms with Crippen molar-refractivity contribution in [2.24, 2.45) is 0 Å². The molecule has 2 rings (SSSR count). The van der Waals surface area contributed by atoms with E-state index in [-0.39, 0.29) is 22.1 Å². The van der Waals surface area contributed by atoms with Crippen molar-refractivity contribution in [3.63, 3.8) is 0 Å². The monoisotopic (exact) mass is 350 g/mol. The number of aromatic hydroxyl groups is 1. The van der Waals surface area contributed by atoms with Crippen LogP contribution < -0.4 is 4.74 Å². The number of rotatable bonds is 8. The Hall–Kier alpha value is -2.05. The molecule has 0 atom stereocenters. The van der Waals surface area contributed by atoms with Gasteiger partial charge in [-0.1, -0.05) is 44.4 Å². The molecule has 0 amide bonds. The Morgan fingerprint density at radius 1 is 1.00 bits per heavy atom. The number of hydrogen-bond acceptors (Lipinski definition) is 4. The van der Waals surface area contributed by atoms with Gasteiger partial charge < -0.3 is 9.84 Å². The number of phenols is 1. The maximum atomic E-state index is 11.4. The molecule has 0 bridgehead atoms. The number of unbranched alkanes of at least 4 members (excludes halogenated alkanes) is 3. The third-order valence-electron chi connectivity index (χ3n) is 3.69. The second-order valence-corrected chi connectivity index (χ2v) is 7.03. The molecular weight excluding hydrogens is 328 g/mol. The molecule has 0 aliphatic heterocycles. The maximum Gasteiger partial charge on any atom is 0.298 e. The fourth-order valence-electron chi connectivity index (χ4n) is 2.42. The van der Waals surface area contributed by atoms with E-state index in [1.165, 1.54) is 30.7 Å². The average molecular weight is 350 g/mol. The van der Waals surface area contributed by atoms with Crippen LogP contribution in [0.1, 0.15) is 38.2 Å². The molecule has 2 aromatic rings. The van der Waals surface area contributed by atoms with E-state index in [1.54, 1.807) is 12.1 Å². The van der Waals surface area contributed by atoms with Crippen LogP contribution in [0.2, 0.25) is 0 Å². The lowest BCUT2D eigenvalue weighted by Gasteiger charge is -2.12. The van der Waals surface area contributed by atoms with E-state index in [2.05, 4.69) is 6.92 Å². The number of hydrogen-bond donors (Lipinski definition) is 2. The second kappa shape index (κ2) is 8.17. The highest BCUT2D eigenvalue weighted by molar-refractivity contribution is 7.86. The van der Waals surface area contributed by atoms with Crippen molar-refractivity contribution in [2.75, 3.05) is 0 Å². The first-order chi connectivity index (χ1) is 11.4. The van der Waals surface area contributed by atoms with Crippen molar-refractivity contribution in [2.45, 2.75) is 43.9 Å². The van der Waals surface area contributed by atoms with Crippen LogP contribution in [-0.4, -0.2) is 18.1 Å². The lowest BCUT2D eigenvalue weighted by molar-refractivity contribution is 0.401. The van der Waals surface area contributed by atoms with Crippen LogP contribution in [0.25, 0.3) is 0 Å². The van der Waals surface area contributed by atoms with Gasteiger partial charge in [-0.2, -0.15) is 8.42 Å². The van der Waals surface area contributed by atoms with Crippen molar-refractivity contribution >= 4 is 10.1 Å². The van der Waals surface area contributed by atoms with Crippen LogP contribution in [0.3, 0.4) is 0 Å². The first-order valence-corrected chi connectivity index (χ1v) is 9.42. The summed E-state index contributed by atoms with van der Waals surface area (Å²) in [5.41, 5.74) is 1.00. The van der Waals surface area contributed by atoms with Crippen LogP contribution in [0.5, 0.6) is 17.2 Å². The molecule has 130 valence electrons. The van der Waals surface area contributed by atoms with Gasteiger partial charge >= 0.3 is 0 Å². The molecule has 2 aromatic carbocycles. The quantitative estimate of drug-likeness (QED) is 0.539. The third-order valence-corrected chi connectivity index (χ3v) is 4.58. The molecule has 0 spiro atoms. The molecule has 0 saturated carbocycles. The van der Waals surface area contributed by atoms with E-state index in [4.69, 9.17) is 4.74 Å². The molecule has 0 heterocycles. The van der Waals surface area contributed by atoms with Crippen LogP contribution in [0.4, 0.5) is 0 Å². The Morgan fingerprint density at radius 2 is 1.75 bits per heavy atom. The Balaban J connectivity index is 2.21. The summed E-state index contributed by atoms with van der Waals surface area (Å²) in [6.07, 6.45) is 5.38. The van der Waals surface area contributed by atoms with Gasteiger partial charge in [-0.25, -0.2) is 0 Å². The van der Waals surface area contributed by atoms with Crippen LogP contribution in [0, 0.1) is 0 Å². The topological polar surface area (TPSA) is 83.8 Å². The zero-order valence-corrected chi connectivity index (χ0v) is 14.4. The fourth-order valence-corrected chi connectivity index (χ4v) is 3.03. The fraction of sp³-hybridized carbons (Fsp3) is 0.333. The summed E-state index contributed by atoms with van der Waals surface area (Å²) in [5, 5.41) is 9.96. The zero-order valence-electron chi connectivity index (χ0n) is 13.6. The Bertz CT molecular complexity index is 784. The molecule has 0 unspecified atom stereocenters. The number of ether oxygens (including phenoxy) is 1. The van der Waals surface area contributed by atoms with Crippen molar-refractivity contribution in [3.8, 4) is 17.2 Å². The molecule has 0 aliphatic carbocycles. The summed E-state index contributed by atoms with van der Waals surface area (Å²) < 4.78 is 37.6. The molecule has 24 heavy (non-hydrogen) atoms. The van der Waals surface area contributed by atoms with E-state index < -0.39 is 10.1 Å². The van der Waals surface area contributed by atoms with Gasteiger partial charge in [-0.3, -0.25) is 4.55 Å². The van der Waals surface area contributed by atoms with E-state index in [9.17, 15) is 18.1 Å². The SMILES string of the molecule is CCCCCCc1ccc(O)c(Oc2ccccc2S(=O)(=O)O)c1. The molecule has 0 aliphatic rings. The summed E-state index contributed by atoms with van der Waals surface area (Å²) in [5.74, 6) is 0.0509. The minimum atomic E-state index is -4.40. The summed E-state index contributed by atoms with van der Waals surface area (Å²) in [7, 11) is -4.40. The molecule has 0 aromatic heterocycles. The normalized spacial score (nSPS) is 11.4. The number of phenolic OH excluding ortho intramolecular Hbond substituents is 1.